The number of aromatic nitrogens is 4. The number of carbonyl (C=O) groups is 1. The highest BCUT2D eigenvalue weighted by atomic mass is 19.1. The molecule has 11 heteroatoms. The van der Waals surface area contributed by atoms with E-state index in [1.165, 1.54) is 24.7 Å². The second-order valence-electron chi connectivity index (χ2n) is 4.93. The fraction of sp³-hybridized carbons (Fsp3) is 0.385. The van der Waals surface area contributed by atoms with E-state index >= 15 is 0 Å². The van der Waals surface area contributed by atoms with Crippen LogP contribution < -0.4 is 5.43 Å². The topological polar surface area (TPSA) is 120 Å². The van der Waals surface area contributed by atoms with E-state index < -0.39 is 16.8 Å². The molecule has 1 amide bonds. The molecule has 0 bridgehead atoms. The van der Waals surface area contributed by atoms with Crippen LogP contribution in [0.2, 0.25) is 0 Å². The van der Waals surface area contributed by atoms with Gasteiger partial charge in [-0.1, -0.05) is 0 Å². The van der Waals surface area contributed by atoms with Gasteiger partial charge >= 0.3 is 5.69 Å². The summed E-state index contributed by atoms with van der Waals surface area (Å²) in [4.78, 5) is 22.2. The summed E-state index contributed by atoms with van der Waals surface area (Å²) in [5.41, 5.74) is 2.72. The van der Waals surface area contributed by atoms with Gasteiger partial charge in [0.1, 0.15) is 17.9 Å². The number of nitrogens with one attached hydrogen (secondary N) is 1. The Labute approximate surface area is 136 Å². The molecule has 1 N–H and O–H groups in total. The van der Waals surface area contributed by atoms with Gasteiger partial charge in [-0.3, -0.25) is 19.6 Å². The third-order valence-corrected chi connectivity index (χ3v) is 3.31. The molecule has 0 fully saturated rings. The van der Waals surface area contributed by atoms with E-state index in [2.05, 4.69) is 20.7 Å². The van der Waals surface area contributed by atoms with Crippen molar-refractivity contribution in [2.45, 2.75) is 33.9 Å². The van der Waals surface area contributed by atoms with Crippen LogP contribution in [0.1, 0.15) is 23.9 Å². The molecule has 0 spiro atoms. The van der Waals surface area contributed by atoms with Crippen molar-refractivity contribution in [1.29, 1.82) is 0 Å². The van der Waals surface area contributed by atoms with E-state index in [1.54, 1.807) is 6.92 Å². The first-order valence-electron chi connectivity index (χ1n) is 7.06. The van der Waals surface area contributed by atoms with Crippen molar-refractivity contribution in [3.8, 4) is 0 Å². The second kappa shape index (κ2) is 6.98. The van der Waals surface area contributed by atoms with Crippen molar-refractivity contribution in [2.75, 3.05) is 0 Å². The minimum Gasteiger partial charge on any atom is -0.271 e. The lowest BCUT2D eigenvalue weighted by Crippen LogP contribution is -2.24. The first-order chi connectivity index (χ1) is 11.3. The predicted molar refractivity (Wildman–Crippen MR) is 82.0 cm³/mol. The molecular weight excluding hydrogens is 321 g/mol. The van der Waals surface area contributed by atoms with E-state index in [1.807, 2.05) is 0 Å². The number of amides is 1. The molecule has 128 valence electrons. The summed E-state index contributed by atoms with van der Waals surface area (Å²) in [6.07, 6.45) is 2.43. The number of carbonyl (C=O) groups excluding carboxylic acids is 1. The molecule has 0 aliphatic rings. The first-order valence-corrected chi connectivity index (χ1v) is 7.06. The lowest BCUT2D eigenvalue weighted by molar-refractivity contribution is -0.386. The number of rotatable bonds is 6. The van der Waals surface area contributed by atoms with Gasteiger partial charge in [0, 0.05) is 6.54 Å². The van der Waals surface area contributed by atoms with Crippen LogP contribution in [0.4, 0.5) is 10.1 Å². The number of nitrogens with zero attached hydrogens (tertiary/aromatic N) is 6. The highest BCUT2D eigenvalue weighted by molar-refractivity contribution is 5.82. The van der Waals surface area contributed by atoms with E-state index in [0.29, 0.717) is 6.54 Å². The summed E-state index contributed by atoms with van der Waals surface area (Å²) in [6.45, 7) is 4.87. The van der Waals surface area contributed by atoms with Gasteiger partial charge < -0.3 is 0 Å². The van der Waals surface area contributed by atoms with Gasteiger partial charge in [-0.25, -0.2) is 10.1 Å². The lowest BCUT2D eigenvalue weighted by atomic mass is 10.3. The van der Waals surface area contributed by atoms with Gasteiger partial charge in [0.15, 0.2) is 0 Å². The Kier molecular flexibility index (Phi) is 5.02. The largest absolute Gasteiger partial charge is 0.312 e. The SMILES string of the molecule is CCn1ncc(/C=N\NC(=O)Cn2nc(C)c([N+](=O)[O-])c2C)c1F. The highest BCUT2D eigenvalue weighted by Crippen LogP contribution is 2.21. The van der Waals surface area contributed by atoms with E-state index in [-0.39, 0.29) is 29.2 Å². The summed E-state index contributed by atoms with van der Waals surface area (Å²) in [5, 5.41) is 22.3. The van der Waals surface area contributed by atoms with E-state index in [0.717, 1.165) is 10.9 Å². The second-order valence-corrected chi connectivity index (χ2v) is 4.93. The molecular formula is C13H16FN7O3. The fourth-order valence-electron chi connectivity index (χ4n) is 2.14. The van der Waals surface area contributed by atoms with Crippen molar-refractivity contribution in [2.24, 2.45) is 5.10 Å². The minimum atomic E-state index is -0.551. The summed E-state index contributed by atoms with van der Waals surface area (Å²) >= 11 is 0. The Morgan fingerprint density at radius 3 is 2.75 bits per heavy atom. The standard InChI is InChI=1S/C13H16FN7O3/c1-4-19-13(14)10(6-16-19)5-15-17-11(22)7-20-9(3)12(21(23)24)8(2)18-20/h5-6H,4,7H2,1-3H3,(H,17,22)/b15-5-. The molecule has 0 aromatic carbocycles. The maximum absolute atomic E-state index is 13.7. The van der Waals surface area contributed by atoms with Crippen molar-refractivity contribution >= 4 is 17.8 Å². The average Bonchev–Trinajstić information content (AvgIpc) is 2.99. The highest BCUT2D eigenvalue weighted by Gasteiger charge is 2.22. The van der Waals surface area contributed by atoms with Crippen molar-refractivity contribution in [1.82, 2.24) is 25.0 Å². The van der Waals surface area contributed by atoms with Gasteiger partial charge in [0.25, 0.3) is 5.91 Å². The molecule has 0 aliphatic carbocycles. The summed E-state index contributed by atoms with van der Waals surface area (Å²) in [5.74, 6) is -1.10. The van der Waals surface area contributed by atoms with Crippen LogP contribution in [0, 0.1) is 29.9 Å². The predicted octanol–water partition coefficient (Wildman–Crippen LogP) is 0.914. The normalized spacial score (nSPS) is 11.2. The number of halogens is 1. The van der Waals surface area contributed by atoms with Crippen molar-refractivity contribution in [3.63, 3.8) is 0 Å². The van der Waals surface area contributed by atoms with Crippen LogP contribution in [-0.2, 0) is 17.9 Å². The molecule has 24 heavy (non-hydrogen) atoms. The molecule has 2 heterocycles. The molecule has 0 saturated carbocycles. The van der Waals surface area contributed by atoms with Crippen molar-refractivity contribution < 1.29 is 14.1 Å². The number of nitro groups is 1. The smallest absolute Gasteiger partial charge is 0.271 e. The zero-order valence-corrected chi connectivity index (χ0v) is 13.4. The Balaban J connectivity index is 2.01. The zero-order chi connectivity index (χ0) is 17.9. The number of aryl methyl sites for hydroxylation is 2. The molecule has 0 unspecified atom stereocenters. The minimum absolute atomic E-state index is 0.125. The molecule has 2 rings (SSSR count). The van der Waals surface area contributed by atoms with Gasteiger partial charge in [-0.15, -0.1) is 0 Å². The van der Waals surface area contributed by atoms with Crippen molar-refractivity contribution in [3.05, 3.63) is 39.2 Å². The molecule has 0 atom stereocenters. The summed E-state index contributed by atoms with van der Waals surface area (Å²) < 4.78 is 16.1. The Morgan fingerprint density at radius 2 is 2.21 bits per heavy atom. The average molecular weight is 337 g/mol. The van der Waals surface area contributed by atoms with Gasteiger partial charge in [0.2, 0.25) is 5.95 Å². The Hall–Kier alpha value is -3.11. The Morgan fingerprint density at radius 1 is 1.50 bits per heavy atom. The molecule has 2 aromatic heterocycles. The quantitative estimate of drug-likeness (QED) is 0.477. The van der Waals surface area contributed by atoms with Crippen LogP contribution >= 0.6 is 0 Å². The molecule has 2 aromatic rings. The van der Waals surface area contributed by atoms with Crippen LogP contribution in [0.3, 0.4) is 0 Å². The van der Waals surface area contributed by atoms with Gasteiger partial charge in [-0.05, 0) is 20.8 Å². The van der Waals surface area contributed by atoms with E-state index in [4.69, 9.17) is 0 Å². The molecule has 10 nitrogen and oxygen atoms in total. The monoisotopic (exact) mass is 337 g/mol. The third-order valence-electron chi connectivity index (χ3n) is 3.31. The molecule has 0 saturated heterocycles. The fourth-order valence-corrected chi connectivity index (χ4v) is 2.14. The van der Waals surface area contributed by atoms with E-state index in [9.17, 15) is 19.3 Å². The lowest BCUT2D eigenvalue weighted by Gasteiger charge is -2.02. The van der Waals surface area contributed by atoms with Crippen LogP contribution in [0.5, 0.6) is 0 Å². The number of hydrogen-bond donors (Lipinski definition) is 1. The number of hydrogen-bond acceptors (Lipinski definition) is 6. The Bertz CT molecular complexity index is 809. The van der Waals surface area contributed by atoms with Gasteiger partial charge in [-0.2, -0.15) is 19.7 Å². The zero-order valence-electron chi connectivity index (χ0n) is 13.4. The third kappa shape index (κ3) is 3.45. The summed E-state index contributed by atoms with van der Waals surface area (Å²) in [7, 11) is 0. The van der Waals surface area contributed by atoms with Crippen LogP contribution in [0.15, 0.2) is 11.3 Å². The maximum Gasteiger partial charge on any atom is 0.312 e. The summed E-state index contributed by atoms with van der Waals surface area (Å²) in [6, 6.07) is 0. The van der Waals surface area contributed by atoms with Crippen LogP contribution in [0.25, 0.3) is 0 Å². The number of hydrazone groups is 1. The molecule has 0 radical (unpaired) electrons. The van der Waals surface area contributed by atoms with Gasteiger partial charge in [0.05, 0.1) is 22.9 Å². The van der Waals surface area contributed by atoms with Crippen LogP contribution in [-0.4, -0.2) is 36.6 Å². The molecule has 0 aliphatic heterocycles. The maximum atomic E-state index is 13.7. The first kappa shape index (κ1) is 17.2.